The number of hydrogen-bond donors (Lipinski definition) is 2. The van der Waals surface area contributed by atoms with E-state index in [1.807, 2.05) is 0 Å². The molecule has 2 nitrogen and oxygen atoms in total. The second-order valence-corrected chi connectivity index (χ2v) is 3.57. The molecule has 0 saturated carbocycles. The lowest BCUT2D eigenvalue weighted by molar-refractivity contribution is 0.594. The number of anilines is 2. The molecule has 2 rings (SSSR count). The first-order chi connectivity index (χ1) is 8.00. The topological polar surface area (TPSA) is 52.0 Å². The highest BCUT2D eigenvalue weighted by Gasteiger charge is 2.17. The van der Waals surface area contributed by atoms with Crippen LogP contribution >= 0.6 is 0 Å². The summed E-state index contributed by atoms with van der Waals surface area (Å²) in [6, 6.07) is 5.91. The summed E-state index contributed by atoms with van der Waals surface area (Å²) < 4.78 is 40.4. The van der Waals surface area contributed by atoms with E-state index < -0.39 is 23.0 Å². The quantitative estimate of drug-likeness (QED) is 0.750. The van der Waals surface area contributed by atoms with Crippen LogP contribution < -0.4 is 11.5 Å². The third-order valence-electron chi connectivity index (χ3n) is 2.37. The molecule has 0 bridgehead atoms. The van der Waals surface area contributed by atoms with E-state index in [1.165, 1.54) is 18.2 Å². The van der Waals surface area contributed by atoms with Crippen LogP contribution in [0.4, 0.5) is 24.5 Å². The Morgan fingerprint density at radius 1 is 0.824 bits per heavy atom. The van der Waals surface area contributed by atoms with Crippen molar-refractivity contribution in [2.24, 2.45) is 0 Å². The van der Waals surface area contributed by atoms with Gasteiger partial charge in [-0.2, -0.15) is 0 Å². The maximum Gasteiger partial charge on any atom is 0.156 e. The van der Waals surface area contributed by atoms with E-state index in [0.29, 0.717) is 0 Å². The van der Waals surface area contributed by atoms with Crippen LogP contribution in [0.3, 0.4) is 0 Å². The Hall–Kier alpha value is -2.17. The summed E-state index contributed by atoms with van der Waals surface area (Å²) in [4.78, 5) is 0. The van der Waals surface area contributed by atoms with Gasteiger partial charge in [-0.15, -0.1) is 0 Å². The zero-order chi connectivity index (χ0) is 12.6. The maximum atomic E-state index is 13.7. The number of hydrogen-bond acceptors (Lipinski definition) is 2. The van der Waals surface area contributed by atoms with Crippen LogP contribution in [-0.4, -0.2) is 0 Å². The van der Waals surface area contributed by atoms with E-state index in [9.17, 15) is 13.2 Å². The number of rotatable bonds is 1. The lowest BCUT2D eigenvalue weighted by Gasteiger charge is -2.09. The average Bonchev–Trinajstić information content (AvgIpc) is 2.27. The Balaban J connectivity index is 2.75. The molecule has 0 aliphatic rings. The normalized spacial score (nSPS) is 10.5. The standard InChI is InChI=1S/C12H9F3N2/c13-7-3-1-2-6(4-7)10-11(14)8(16)5-9(17)12(10)15/h1-5H,16-17H2. The number of nitrogens with two attached hydrogens (primary N) is 2. The van der Waals surface area contributed by atoms with Gasteiger partial charge in [0.1, 0.15) is 5.82 Å². The van der Waals surface area contributed by atoms with Crippen LogP contribution in [0.15, 0.2) is 30.3 Å². The van der Waals surface area contributed by atoms with Crippen molar-refractivity contribution >= 4 is 11.4 Å². The van der Waals surface area contributed by atoms with E-state index >= 15 is 0 Å². The second-order valence-electron chi connectivity index (χ2n) is 3.57. The summed E-state index contributed by atoms with van der Waals surface area (Å²) in [6.07, 6.45) is 0. The third kappa shape index (κ3) is 1.91. The molecule has 0 spiro atoms. The van der Waals surface area contributed by atoms with Crippen molar-refractivity contribution in [3.8, 4) is 11.1 Å². The molecule has 0 fully saturated rings. The molecule has 88 valence electrons. The molecular formula is C12H9F3N2. The van der Waals surface area contributed by atoms with Gasteiger partial charge in [0.15, 0.2) is 11.6 Å². The molecule has 0 radical (unpaired) electrons. The number of benzene rings is 2. The maximum absolute atomic E-state index is 13.7. The van der Waals surface area contributed by atoms with Gasteiger partial charge in [-0.3, -0.25) is 0 Å². The Bertz CT molecular complexity index is 556. The van der Waals surface area contributed by atoms with Crippen molar-refractivity contribution in [3.63, 3.8) is 0 Å². The lowest BCUT2D eigenvalue weighted by Crippen LogP contribution is -2.02. The van der Waals surface area contributed by atoms with Gasteiger partial charge in [0.25, 0.3) is 0 Å². The van der Waals surface area contributed by atoms with Gasteiger partial charge in [0, 0.05) is 0 Å². The van der Waals surface area contributed by atoms with Gasteiger partial charge < -0.3 is 11.5 Å². The van der Waals surface area contributed by atoms with Crippen molar-refractivity contribution in [3.05, 3.63) is 47.8 Å². The fourth-order valence-electron chi connectivity index (χ4n) is 1.58. The average molecular weight is 238 g/mol. The molecule has 0 heterocycles. The molecule has 5 heteroatoms. The van der Waals surface area contributed by atoms with Crippen molar-refractivity contribution in [1.29, 1.82) is 0 Å². The molecule has 2 aromatic carbocycles. The predicted octanol–water partition coefficient (Wildman–Crippen LogP) is 2.94. The highest BCUT2D eigenvalue weighted by Crippen LogP contribution is 2.33. The van der Waals surface area contributed by atoms with Crippen molar-refractivity contribution < 1.29 is 13.2 Å². The van der Waals surface area contributed by atoms with Crippen LogP contribution in [0.1, 0.15) is 0 Å². The van der Waals surface area contributed by atoms with Crippen molar-refractivity contribution in [2.45, 2.75) is 0 Å². The molecule has 0 aromatic heterocycles. The van der Waals surface area contributed by atoms with Gasteiger partial charge in [0.05, 0.1) is 16.9 Å². The molecular weight excluding hydrogens is 229 g/mol. The monoisotopic (exact) mass is 238 g/mol. The van der Waals surface area contributed by atoms with E-state index in [1.54, 1.807) is 0 Å². The fraction of sp³-hybridized carbons (Fsp3) is 0. The highest BCUT2D eigenvalue weighted by atomic mass is 19.1. The Kier molecular flexibility index (Phi) is 2.67. The zero-order valence-electron chi connectivity index (χ0n) is 8.68. The summed E-state index contributed by atoms with van der Waals surface area (Å²) in [7, 11) is 0. The van der Waals surface area contributed by atoms with E-state index in [0.717, 1.165) is 12.1 Å². The summed E-state index contributed by atoms with van der Waals surface area (Å²) in [5.74, 6) is -2.48. The van der Waals surface area contributed by atoms with Crippen LogP contribution in [0, 0.1) is 17.5 Å². The third-order valence-corrected chi connectivity index (χ3v) is 2.37. The first kappa shape index (κ1) is 11.3. The first-order valence-corrected chi connectivity index (χ1v) is 4.79. The van der Waals surface area contributed by atoms with Crippen molar-refractivity contribution in [2.75, 3.05) is 11.5 Å². The minimum absolute atomic E-state index is 0.0546. The molecule has 0 amide bonds. The molecule has 0 saturated heterocycles. The molecule has 17 heavy (non-hydrogen) atoms. The smallest absolute Gasteiger partial charge is 0.156 e. The largest absolute Gasteiger partial charge is 0.396 e. The minimum atomic E-state index is -0.942. The summed E-state index contributed by atoms with van der Waals surface area (Å²) in [5, 5.41) is 0. The fourth-order valence-corrected chi connectivity index (χ4v) is 1.58. The van der Waals surface area contributed by atoms with Crippen LogP contribution in [0.2, 0.25) is 0 Å². The summed E-state index contributed by atoms with van der Waals surface area (Å²) in [6.45, 7) is 0. The Morgan fingerprint density at radius 3 is 1.94 bits per heavy atom. The van der Waals surface area contributed by atoms with E-state index in [2.05, 4.69) is 0 Å². The Morgan fingerprint density at radius 2 is 1.41 bits per heavy atom. The van der Waals surface area contributed by atoms with Crippen LogP contribution in [0.25, 0.3) is 11.1 Å². The molecule has 4 N–H and O–H groups in total. The highest BCUT2D eigenvalue weighted by molar-refractivity contribution is 5.74. The lowest BCUT2D eigenvalue weighted by atomic mass is 10.0. The van der Waals surface area contributed by atoms with Gasteiger partial charge in [-0.1, -0.05) is 12.1 Å². The second kappa shape index (κ2) is 4.01. The molecule has 0 aliphatic carbocycles. The summed E-state index contributed by atoms with van der Waals surface area (Å²) in [5.41, 5.74) is 9.79. The molecule has 0 unspecified atom stereocenters. The Labute approximate surface area is 95.7 Å². The predicted molar refractivity (Wildman–Crippen MR) is 60.6 cm³/mol. The first-order valence-electron chi connectivity index (χ1n) is 4.79. The summed E-state index contributed by atoms with van der Waals surface area (Å²) >= 11 is 0. The van der Waals surface area contributed by atoms with Crippen LogP contribution in [0.5, 0.6) is 0 Å². The van der Waals surface area contributed by atoms with Gasteiger partial charge in [0.2, 0.25) is 0 Å². The number of nitrogen functional groups attached to an aromatic ring is 2. The van der Waals surface area contributed by atoms with Gasteiger partial charge >= 0.3 is 0 Å². The molecule has 0 atom stereocenters. The number of halogens is 3. The SMILES string of the molecule is Nc1cc(N)c(F)c(-c2cccc(F)c2)c1F. The molecule has 0 aliphatic heterocycles. The zero-order valence-corrected chi connectivity index (χ0v) is 8.68. The van der Waals surface area contributed by atoms with Gasteiger partial charge in [-0.25, -0.2) is 13.2 Å². The van der Waals surface area contributed by atoms with Gasteiger partial charge in [-0.05, 0) is 23.8 Å². The van der Waals surface area contributed by atoms with E-state index in [4.69, 9.17) is 11.5 Å². The van der Waals surface area contributed by atoms with Crippen molar-refractivity contribution in [1.82, 2.24) is 0 Å². The minimum Gasteiger partial charge on any atom is -0.396 e. The van der Waals surface area contributed by atoms with Crippen LogP contribution in [-0.2, 0) is 0 Å². The van der Waals surface area contributed by atoms with E-state index in [-0.39, 0.29) is 16.9 Å². The molecule has 2 aromatic rings.